The molecule has 2 aromatic carbocycles. The second-order valence-corrected chi connectivity index (χ2v) is 11.4. The van der Waals surface area contributed by atoms with E-state index in [0.29, 0.717) is 47.0 Å². The SMILES string of the molecule is C=CC(=O)N1CCn2nc(-c3nc(-c4ccc5cn(C)nc5c4)c4ccsc4c3-c3c(F)cc(F)cc3OCCO)cc2C1. The standard InChI is InChI=1S/C32H26F2N6O3S/c1-3-27(42)39-7-8-40-21(17-39)15-25(37-40)31-29(28-23(34)13-20(33)14-26(28)43-10-9-41)32-22(6-11-44-32)30(35-31)18-4-5-19-16-38(2)36-24(19)12-18/h3-6,11-16,41H,1,7-10,17H2,2H3. The number of benzene rings is 2. The molecule has 0 spiro atoms. The molecule has 7 rings (SSSR count). The van der Waals surface area contributed by atoms with Crippen LogP contribution in [0.5, 0.6) is 5.75 Å². The number of hydrogen-bond acceptors (Lipinski definition) is 7. The topological polar surface area (TPSA) is 98.3 Å². The monoisotopic (exact) mass is 612 g/mol. The minimum absolute atomic E-state index is 0.0240. The number of pyridine rings is 1. The van der Waals surface area contributed by atoms with Crippen LogP contribution in [0.1, 0.15) is 5.69 Å². The lowest BCUT2D eigenvalue weighted by molar-refractivity contribution is -0.127. The zero-order valence-corrected chi connectivity index (χ0v) is 24.4. The quantitative estimate of drug-likeness (QED) is 0.237. The summed E-state index contributed by atoms with van der Waals surface area (Å²) in [4.78, 5) is 19.2. The van der Waals surface area contributed by atoms with Crippen molar-refractivity contribution < 1.29 is 23.4 Å². The van der Waals surface area contributed by atoms with E-state index in [1.54, 1.807) is 9.58 Å². The number of aliphatic hydroxyl groups is 1. The van der Waals surface area contributed by atoms with Crippen LogP contribution in [0.15, 0.2) is 66.7 Å². The Labute approximate surface area is 254 Å². The van der Waals surface area contributed by atoms with E-state index < -0.39 is 11.6 Å². The summed E-state index contributed by atoms with van der Waals surface area (Å²) in [5.41, 5.74) is 4.32. The van der Waals surface area contributed by atoms with Crippen molar-refractivity contribution in [3.63, 3.8) is 0 Å². The lowest BCUT2D eigenvalue weighted by Crippen LogP contribution is -2.37. The van der Waals surface area contributed by atoms with E-state index in [4.69, 9.17) is 14.8 Å². The van der Waals surface area contributed by atoms with Crippen LogP contribution in [0.4, 0.5) is 8.78 Å². The Morgan fingerprint density at radius 3 is 2.80 bits per heavy atom. The summed E-state index contributed by atoms with van der Waals surface area (Å²) >= 11 is 1.40. The number of ether oxygens (including phenoxy) is 1. The first-order valence-electron chi connectivity index (χ1n) is 13.9. The molecule has 6 aromatic rings. The molecule has 0 unspecified atom stereocenters. The third-order valence-corrected chi connectivity index (χ3v) is 8.58. The molecule has 5 heterocycles. The molecule has 0 fully saturated rings. The van der Waals surface area contributed by atoms with Gasteiger partial charge in [0, 0.05) is 58.5 Å². The van der Waals surface area contributed by atoms with E-state index in [1.807, 2.05) is 53.6 Å². The molecule has 1 amide bonds. The lowest BCUT2D eigenvalue weighted by Gasteiger charge is -2.26. The highest BCUT2D eigenvalue weighted by molar-refractivity contribution is 7.18. The first kappa shape index (κ1) is 27.9. The lowest BCUT2D eigenvalue weighted by atomic mass is 9.96. The summed E-state index contributed by atoms with van der Waals surface area (Å²) in [5.74, 6) is -1.86. The first-order chi connectivity index (χ1) is 21.3. The fourth-order valence-corrected chi connectivity index (χ4v) is 6.66. The number of amides is 1. The van der Waals surface area contributed by atoms with Gasteiger partial charge in [0.2, 0.25) is 5.91 Å². The van der Waals surface area contributed by atoms with Crippen LogP contribution in [-0.2, 0) is 24.9 Å². The van der Waals surface area contributed by atoms with Crippen LogP contribution in [0, 0.1) is 11.6 Å². The van der Waals surface area contributed by atoms with Crippen LogP contribution in [0.2, 0.25) is 0 Å². The molecule has 222 valence electrons. The number of fused-ring (bicyclic) bond motifs is 3. The fraction of sp³-hybridized carbons (Fsp3) is 0.188. The Hall–Kier alpha value is -4.94. The molecule has 0 saturated heterocycles. The summed E-state index contributed by atoms with van der Waals surface area (Å²) in [6.45, 7) is 4.36. The zero-order chi connectivity index (χ0) is 30.5. The molecular weight excluding hydrogens is 586 g/mol. The number of aliphatic hydroxyl groups excluding tert-OH is 1. The van der Waals surface area contributed by atoms with Gasteiger partial charge in [-0.3, -0.25) is 14.2 Å². The van der Waals surface area contributed by atoms with Crippen LogP contribution < -0.4 is 4.74 Å². The summed E-state index contributed by atoms with van der Waals surface area (Å²) in [6.07, 6.45) is 3.22. The predicted octanol–water partition coefficient (Wildman–Crippen LogP) is 5.56. The number of hydrogen-bond donors (Lipinski definition) is 1. The number of nitrogens with zero attached hydrogens (tertiary/aromatic N) is 6. The predicted molar refractivity (Wildman–Crippen MR) is 164 cm³/mol. The Balaban J connectivity index is 1.50. The van der Waals surface area contributed by atoms with Crippen molar-refractivity contribution in [1.29, 1.82) is 0 Å². The number of aromatic nitrogens is 5. The molecule has 1 aliphatic heterocycles. The van der Waals surface area contributed by atoms with Gasteiger partial charge < -0.3 is 14.7 Å². The van der Waals surface area contributed by atoms with E-state index >= 15 is 4.39 Å². The molecule has 0 radical (unpaired) electrons. The maximum atomic E-state index is 15.9. The van der Waals surface area contributed by atoms with Gasteiger partial charge in [-0.1, -0.05) is 18.7 Å². The number of carbonyl (C=O) groups excluding carboxylic acids is 1. The first-order valence-corrected chi connectivity index (χ1v) is 14.8. The number of aryl methyl sites for hydroxylation is 1. The minimum atomic E-state index is -0.829. The normalized spacial score (nSPS) is 13.0. The molecular formula is C32H26F2N6O3S. The van der Waals surface area contributed by atoms with Gasteiger partial charge in [0.1, 0.15) is 35.4 Å². The van der Waals surface area contributed by atoms with Crippen LogP contribution >= 0.6 is 11.3 Å². The average Bonchev–Trinajstić information content (AvgIpc) is 3.75. The molecule has 0 bridgehead atoms. The van der Waals surface area contributed by atoms with Gasteiger partial charge >= 0.3 is 0 Å². The van der Waals surface area contributed by atoms with Crippen molar-refractivity contribution >= 4 is 38.2 Å². The highest BCUT2D eigenvalue weighted by Crippen LogP contribution is 2.47. The van der Waals surface area contributed by atoms with E-state index in [0.717, 1.165) is 39.7 Å². The van der Waals surface area contributed by atoms with E-state index in [-0.39, 0.29) is 30.4 Å². The number of carbonyl (C=O) groups is 1. The molecule has 0 aliphatic carbocycles. The molecule has 1 aliphatic rings. The number of rotatable bonds is 7. The smallest absolute Gasteiger partial charge is 0.246 e. The average molecular weight is 613 g/mol. The van der Waals surface area contributed by atoms with Gasteiger partial charge in [0.25, 0.3) is 0 Å². The van der Waals surface area contributed by atoms with Gasteiger partial charge in [-0.05, 0) is 29.7 Å². The third kappa shape index (κ3) is 4.72. The van der Waals surface area contributed by atoms with Gasteiger partial charge in [-0.25, -0.2) is 13.8 Å². The second-order valence-electron chi connectivity index (χ2n) is 10.5. The summed E-state index contributed by atoms with van der Waals surface area (Å²) in [6, 6.07) is 11.6. The Morgan fingerprint density at radius 1 is 1.11 bits per heavy atom. The van der Waals surface area contributed by atoms with Crippen molar-refractivity contribution in [3.8, 4) is 39.5 Å². The van der Waals surface area contributed by atoms with Crippen LogP contribution in [0.3, 0.4) is 0 Å². The van der Waals surface area contributed by atoms with E-state index in [2.05, 4.69) is 11.7 Å². The molecule has 1 N–H and O–H groups in total. The van der Waals surface area contributed by atoms with E-state index in [1.165, 1.54) is 17.4 Å². The van der Waals surface area contributed by atoms with Crippen molar-refractivity contribution in [2.75, 3.05) is 19.8 Å². The highest BCUT2D eigenvalue weighted by atomic mass is 32.1. The molecule has 0 atom stereocenters. The number of thiophene rings is 1. The highest BCUT2D eigenvalue weighted by Gasteiger charge is 2.28. The minimum Gasteiger partial charge on any atom is -0.490 e. The Kier molecular flexibility index (Phi) is 6.94. The van der Waals surface area contributed by atoms with Crippen molar-refractivity contribution in [2.24, 2.45) is 7.05 Å². The Morgan fingerprint density at radius 2 is 1.98 bits per heavy atom. The van der Waals surface area contributed by atoms with Gasteiger partial charge in [-0.15, -0.1) is 11.3 Å². The van der Waals surface area contributed by atoms with Gasteiger partial charge in [-0.2, -0.15) is 10.2 Å². The van der Waals surface area contributed by atoms with Gasteiger partial charge in [0.15, 0.2) is 0 Å². The fourth-order valence-electron chi connectivity index (χ4n) is 5.71. The molecule has 0 saturated carbocycles. The molecule has 9 nitrogen and oxygen atoms in total. The van der Waals surface area contributed by atoms with Gasteiger partial charge in [0.05, 0.1) is 42.2 Å². The molecule has 44 heavy (non-hydrogen) atoms. The maximum Gasteiger partial charge on any atom is 0.246 e. The number of halogens is 2. The van der Waals surface area contributed by atoms with E-state index in [9.17, 15) is 14.3 Å². The van der Waals surface area contributed by atoms with Crippen molar-refractivity contribution in [2.45, 2.75) is 13.1 Å². The van der Waals surface area contributed by atoms with Crippen molar-refractivity contribution in [3.05, 3.63) is 84.0 Å². The second kappa shape index (κ2) is 11.0. The maximum absolute atomic E-state index is 15.9. The largest absolute Gasteiger partial charge is 0.490 e. The van der Waals surface area contributed by atoms with Crippen LogP contribution in [-0.4, -0.2) is 60.2 Å². The Bertz CT molecular complexity index is 2100. The summed E-state index contributed by atoms with van der Waals surface area (Å²) < 4.78 is 40.3. The zero-order valence-electron chi connectivity index (χ0n) is 23.6. The molecule has 4 aromatic heterocycles. The third-order valence-electron chi connectivity index (χ3n) is 7.65. The summed E-state index contributed by atoms with van der Waals surface area (Å²) in [5, 5.41) is 22.5. The molecule has 12 heteroatoms. The summed E-state index contributed by atoms with van der Waals surface area (Å²) in [7, 11) is 1.86. The van der Waals surface area contributed by atoms with Crippen LogP contribution in [0.25, 0.3) is 54.8 Å². The van der Waals surface area contributed by atoms with Crippen molar-refractivity contribution in [1.82, 2.24) is 29.4 Å².